The summed E-state index contributed by atoms with van der Waals surface area (Å²) in [5.41, 5.74) is 8.17. The van der Waals surface area contributed by atoms with Crippen LogP contribution in [0.3, 0.4) is 0 Å². The molecule has 1 amide bonds. The average molecular weight is 349 g/mol. The van der Waals surface area contributed by atoms with Crippen LogP contribution in [0.2, 0.25) is 0 Å². The van der Waals surface area contributed by atoms with Gasteiger partial charge in [0.05, 0.1) is 25.1 Å². The van der Waals surface area contributed by atoms with Crippen molar-refractivity contribution in [1.82, 2.24) is 4.98 Å². The normalized spacial score (nSPS) is 14.0. The van der Waals surface area contributed by atoms with E-state index in [1.807, 2.05) is 24.3 Å². The number of ether oxygens (including phenoxy) is 1. The SMILES string of the molecule is Cl.NCc1ccc(C(=O)Nc2ccc(N3CCOCC3)cn2)cc1. The van der Waals surface area contributed by atoms with Gasteiger partial charge >= 0.3 is 0 Å². The van der Waals surface area contributed by atoms with Gasteiger partial charge in [0.25, 0.3) is 5.91 Å². The second-order valence-electron chi connectivity index (χ2n) is 5.36. The predicted molar refractivity (Wildman–Crippen MR) is 96.8 cm³/mol. The second-order valence-corrected chi connectivity index (χ2v) is 5.36. The van der Waals surface area contributed by atoms with Crippen LogP contribution in [0.15, 0.2) is 42.6 Å². The molecule has 0 spiro atoms. The third-order valence-corrected chi connectivity index (χ3v) is 3.82. The van der Waals surface area contributed by atoms with E-state index in [1.54, 1.807) is 18.3 Å². The molecule has 0 aliphatic carbocycles. The van der Waals surface area contributed by atoms with Gasteiger partial charge in [-0.05, 0) is 29.8 Å². The van der Waals surface area contributed by atoms with E-state index in [4.69, 9.17) is 10.5 Å². The standard InChI is InChI=1S/C17H20N4O2.ClH/c18-11-13-1-3-14(4-2-13)17(22)20-16-6-5-15(12-19-16)21-7-9-23-10-8-21;/h1-6,12H,7-11,18H2,(H,19,20,22);1H. The summed E-state index contributed by atoms with van der Waals surface area (Å²) in [5, 5.41) is 2.80. The van der Waals surface area contributed by atoms with E-state index in [9.17, 15) is 4.79 Å². The highest BCUT2D eigenvalue weighted by Crippen LogP contribution is 2.17. The summed E-state index contributed by atoms with van der Waals surface area (Å²) < 4.78 is 5.34. The largest absolute Gasteiger partial charge is 0.378 e. The van der Waals surface area contributed by atoms with Crippen molar-refractivity contribution in [1.29, 1.82) is 0 Å². The van der Waals surface area contributed by atoms with Crippen LogP contribution in [0.25, 0.3) is 0 Å². The van der Waals surface area contributed by atoms with Gasteiger partial charge in [-0.3, -0.25) is 4.79 Å². The van der Waals surface area contributed by atoms with Crippen molar-refractivity contribution >= 4 is 29.8 Å². The first-order valence-corrected chi connectivity index (χ1v) is 7.65. The fourth-order valence-corrected chi connectivity index (χ4v) is 2.45. The number of carbonyl (C=O) groups excluding carboxylic acids is 1. The Balaban J connectivity index is 0.00000208. The number of pyridine rings is 1. The van der Waals surface area contributed by atoms with Gasteiger partial charge in [-0.2, -0.15) is 0 Å². The fraction of sp³-hybridized carbons (Fsp3) is 0.294. The molecule has 3 rings (SSSR count). The summed E-state index contributed by atoms with van der Waals surface area (Å²) in [6.45, 7) is 3.66. The molecule has 0 saturated carbocycles. The Morgan fingerprint density at radius 3 is 2.46 bits per heavy atom. The van der Waals surface area contributed by atoms with Crippen LogP contribution in [-0.2, 0) is 11.3 Å². The first kappa shape index (κ1) is 18.2. The van der Waals surface area contributed by atoms with Gasteiger partial charge in [0, 0.05) is 25.2 Å². The number of benzene rings is 1. The molecule has 24 heavy (non-hydrogen) atoms. The van der Waals surface area contributed by atoms with Gasteiger partial charge in [-0.15, -0.1) is 12.4 Å². The van der Waals surface area contributed by atoms with Gasteiger partial charge in [0.1, 0.15) is 5.82 Å². The molecular weight excluding hydrogens is 328 g/mol. The number of morpholine rings is 1. The average Bonchev–Trinajstić information content (AvgIpc) is 2.63. The number of amides is 1. The van der Waals surface area contributed by atoms with Crippen molar-refractivity contribution in [3.8, 4) is 0 Å². The molecule has 1 aromatic heterocycles. The van der Waals surface area contributed by atoms with Gasteiger partial charge < -0.3 is 20.7 Å². The van der Waals surface area contributed by atoms with Gasteiger partial charge in [-0.25, -0.2) is 4.98 Å². The van der Waals surface area contributed by atoms with Crippen LogP contribution in [0.5, 0.6) is 0 Å². The number of aromatic nitrogens is 1. The molecule has 1 saturated heterocycles. The minimum Gasteiger partial charge on any atom is -0.378 e. The smallest absolute Gasteiger partial charge is 0.256 e. The maximum atomic E-state index is 12.2. The second kappa shape index (κ2) is 8.63. The Kier molecular flexibility index (Phi) is 6.54. The van der Waals surface area contributed by atoms with Crippen molar-refractivity contribution in [3.63, 3.8) is 0 Å². The molecule has 0 atom stereocenters. The molecule has 1 aliphatic rings. The van der Waals surface area contributed by atoms with Crippen LogP contribution in [-0.4, -0.2) is 37.2 Å². The first-order valence-electron chi connectivity index (χ1n) is 7.65. The van der Waals surface area contributed by atoms with Crippen LogP contribution >= 0.6 is 12.4 Å². The lowest BCUT2D eigenvalue weighted by molar-refractivity contribution is 0.102. The summed E-state index contributed by atoms with van der Waals surface area (Å²) in [7, 11) is 0. The van der Waals surface area contributed by atoms with E-state index in [2.05, 4.69) is 15.2 Å². The maximum absolute atomic E-state index is 12.2. The van der Waals surface area contributed by atoms with E-state index in [1.165, 1.54) is 0 Å². The number of rotatable bonds is 4. The van der Waals surface area contributed by atoms with E-state index < -0.39 is 0 Å². The molecule has 3 N–H and O–H groups in total. The first-order chi connectivity index (χ1) is 11.3. The number of halogens is 1. The summed E-state index contributed by atoms with van der Waals surface area (Å²) in [6.07, 6.45) is 1.78. The number of carbonyl (C=O) groups is 1. The molecule has 0 bridgehead atoms. The Morgan fingerprint density at radius 2 is 1.88 bits per heavy atom. The predicted octanol–water partition coefficient (Wildman–Crippen LogP) is 2.05. The molecule has 0 radical (unpaired) electrons. The van der Waals surface area contributed by atoms with Crippen molar-refractivity contribution in [2.24, 2.45) is 5.73 Å². The van der Waals surface area contributed by atoms with Crippen molar-refractivity contribution in [3.05, 3.63) is 53.7 Å². The number of nitrogens with zero attached hydrogens (tertiary/aromatic N) is 2. The van der Waals surface area contributed by atoms with Crippen molar-refractivity contribution < 1.29 is 9.53 Å². The minimum atomic E-state index is -0.180. The Hall–Kier alpha value is -2.15. The lowest BCUT2D eigenvalue weighted by atomic mass is 10.1. The molecule has 2 aromatic rings. The Bertz CT molecular complexity index is 655. The summed E-state index contributed by atoms with van der Waals surface area (Å²) in [6, 6.07) is 11.0. The topological polar surface area (TPSA) is 80.5 Å². The highest BCUT2D eigenvalue weighted by Gasteiger charge is 2.12. The third kappa shape index (κ3) is 4.44. The van der Waals surface area contributed by atoms with Gasteiger partial charge in [0.2, 0.25) is 0 Å². The lowest BCUT2D eigenvalue weighted by Gasteiger charge is -2.28. The van der Waals surface area contributed by atoms with Crippen LogP contribution in [0.4, 0.5) is 11.5 Å². The minimum absolute atomic E-state index is 0. The molecule has 6 nitrogen and oxygen atoms in total. The summed E-state index contributed by atoms with van der Waals surface area (Å²) in [4.78, 5) is 18.7. The lowest BCUT2D eigenvalue weighted by Crippen LogP contribution is -2.36. The quantitative estimate of drug-likeness (QED) is 0.884. The zero-order chi connectivity index (χ0) is 16.1. The number of nitrogens with two attached hydrogens (primary N) is 1. The van der Waals surface area contributed by atoms with Crippen LogP contribution in [0.1, 0.15) is 15.9 Å². The summed E-state index contributed by atoms with van der Waals surface area (Å²) >= 11 is 0. The van der Waals surface area contributed by atoms with E-state index in [-0.39, 0.29) is 18.3 Å². The van der Waals surface area contributed by atoms with Crippen molar-refractivity contribution in [2.45, 2.75) is 6.54 Å². The molecule has 2 heterocycles. The number of hydrogen-bond acceptors (Lipinski definition) is 5. The number of anilines is 2. The fourth-order valence-electron chi connectivity index (χ4n) is 2.45. The molecular formula is C17H21ClN4O2. The molecule has 7 heteroatoms. The van der Waals surface area contributed by atoms with E-state index in [0.29, 0.717) is 17.9 Å². The summed E-state index contributed by atoms with van der Waals surface area (Å²) in [5.74, 6) is 0.357. The van der Waals surface area contributed by atoms with E-state index >= 15 is 0 Å². The monoisotopic (exact) mass is 348 g/mol. The Morgan fingerprint density at radius 1 is 1.17 bits per heavy atom. The highest BCUT2D eigenvalue weighted by molar-refractivity contribution is 6.03. The zero-order valence-electron chi connectivity index (χ0n) is 13.3. The molecule has 0 unspecified atom stereocenters. The highest BCUT2D eigenvalue weighted by atomic mass is 35.5. The molecule has 1 aromatic carbocycles. The molecule has 1 aliphatic heterocycles. The molecule has 128 valence electrons. The van der Waals surface area contributed by atoms with Crippen LogP contribution < -0.4 is 16.0 Å². The number of hydrogen-bond donors (Lipinski definition) is 2. The van der Waals surface area contributed by atoms with Crippen LogP contribution in [0, 0.1) is 0 Å². The van der Waals surface area contributed by atoms with E-state index in [0.717, 1.165) is 37.6 Å². The Labute approximate surface area is 147 Å². The number of nitrogens with one attached hydrogen (secondary N) is 1. The third-order valence-electron chi connectivity index (χ3n) is 3.82. The molecule has 1 fully saturated rings. The van der Waals surface area contributed by atoms with Crippen molar-refractivity contribution in [2.75, 3.05) is 36.5 Å². The maximum Gasteiger partial charge on any atom is 0.256 e. The zero-order valence-corrected chi connectivity index (χ0v) is 14.1. The van der Waals surface area contributed by atoms with Gasteiger partial charge in [0.15, 0.2) is 0 Å². The van der Waals surface area contributed by atoms with Gasteiger partial charge in [-0.1, -0.05) is 12.1 Å².